The second kappa shape index (κ2) is 5.94. The van der Waals surface area contributed by atoms with Gasteiger partial charge >= 0.3 is 0 Å². The van der Waals surface area contributed by atoms with Crippen LogP contribution < -0.4 is 10.6 Å². The molecule has 2 fully saturated rings. The fraction of sp³-hybridized carbons (Fsp3) is 0.438. The van der Waals surface area contributed by atoms with Gasteiger partial charge in [-0.1, -0.05) is 11.2 Å². The summed E-state index contributed by atoms with van der Waals surface area (Å²) in [6.07, 6.45) is 4.42. The summed E-state index contributed by atoms with van der Waals surface area (Å²) < 4.78 is 5.37. The molecule has 2 aliphatic rings. The Kier molecular flexibility index (Phi) is 4.12. The van der Waals surface area contributed by atoms with Crippen molar-refractivity contribution in [2.24, 2.45) is 5.73 Å². The molecule has 1 saturated heterocycles. The number of nitrogens with zero attached hydrogens (tertiary/aromatic N) is 3. The number of amides is 1. The number of rotatable bonds is 3. The SMILES string of the molecule is Cl.NC1(c2noc(-c3cccc(N4CCCC4=O)c3)n2)CCC1. The predicted molar refractivity (Wildman–Crippen MR) is 88.3 cm³/mol. The van der Waals surface area contributed by atoms with Crippen molar-refractivity contribution >= 4 is 24.0 Å². The van der Waals surface area contributed by atoms with Crippen molar-refractivity contribution in [3.63, 3.8) is 0 Å². The molecule has 2 N–H and O–H groups in total. The molecule has 0 spiro atoms. The van der Waals surface area contributed by atoms with E-state index in [-0.39, 0.29) is 18.3 Å². The van der Waals surface area contributed by atoms with E-state index in [9.17, 15) is 4.79 Å². The van der Waals surface area contributed by atoms with Crippen LogP contribution in [0, 0.1) is 0 Å². The lowest BCUT2D eigenvalue weighted by Gasteiger charge is -2.34. The first-order chi connectivity index (χ1) is 10.7. The normalized spacial score (nSPS) is 19.3. The van der Waals surface area contributed by atoms with Crippen molar-refractivity contribution < 1.29 is 9.32 Å². The molecule has 1 aromatic heterocycles. The van der Waals surface area contributed by atoms with Crippen LogP contribution >= 0.6 is 12.4 Å². The van der Waals surface area contributed by atoms with Crippen LogP contribution in [0.25, 0.3) is 11.5 Å². The average molecular weight is 335 g/mol. The van der Waals surface area contributed by atoms with E-state index in [2.05, 4.69) is 10.1 Å². The first-order valence-electron chi connectivity index (χ1n) is 7.70. The summed E-state index contributed by atoms with van der Waals surface area (Å²) in [5, 5.41) is 4.04. The van der Waals surface area contributed by atoms with E-state index in [0.717, 1.165) is 43.5 Å². The van der Waals surface area contributed by atoms with Gasteiger partial charge in [-0.3, -0.25) is 4.79 Å². The third-order valence-corrected chi connectivity index (χ3v) is 4.60. The quantitative estimate of drug-likeness (QED) is 0.932. The van der Waals surface area contributed by atoms with Gasteiger partial charge in [0.05, 0.1) is 5.54 Å². The summed E-state index contributed by atoms with van der Waals surface area (Å²) in [5.41, 5.74) is 7.50. The molecule has 1 saturated carbocycles. The summed E-state index contributed by atoms with van der Waals surface area (Å²) in [7, 11) is 0. The molecule has 0 unspecified atom stereocenters. The van der Waals surface area contributed by atoms with Gasteiger partial charge < -0.3 is 15.2 Å². The molecular formula is C16H19ClN4O2. The average Bonchev–Trinajstić information content (AvgIpc) is 3.14. The topological polar surface area (TPSA) is 85.2 Å². The van der Waals surface area contributed by atoms with Crippen molar-refractivity contribution in [3.05, 3.63) is 30.1 Å². The number of benzene rings is 1. The number of carbonyl (C=O) groups is 1. The Hall–Kier alpha value is -1.92. The maximum absolute atomic E-state index is 11.9. The summed E-state index contributed by atoms with van der Waals surface area (Å²) in [6, 6.07) is 7.66. The second-order valence-electron chi connectivity index (χ2n) is 6.13. The maximum Gasteiger partial charge on any atom is 0.258 e. The molecule has 6 nitrogen and oxygen atoms in total. The van der Waals surface area contributed by atoms with Crippen LogP contribution in [0.5, 0.6) is 0 Å². The Morgan fingerprint density at radius 2 is 2.09 bits per heavy atom. The minimum Gasteiger partial charge on any atom is -0.334 e. The Morgan fingerprint density at radius 3 is 2.74 bits per heavy atom. The van der Waals surface area contributed by atoms with E-state index in [4.69, 9.17) is 10.3 Å². The molecular weight excluding hydrogens is 316 g/mol. The lowest BCUT2D eigenvalue weighted by atomic mass is 9.77. The monoisotopic (exact) mass is 334 g/mol. The molecule has 1 aromatic carbocycles. The molecule has 1 aliphatic heterocycles. The van der Waals surface area contributed by atoms with E-state index in [1.54, 1.807) is 4.90 Å². The van der Waals surface area contributed by atoms with Gasteiger partial charge in [0, 0.05) is 24.2 Å². The van der Waals surface area contributed by atoms with Crippen molar-refractivity contribution in [3.8, 4) is 11.5 Å². The van der Waals surface area contributed by atoms with Crippen LogP contribution in [0.2, 0.25) is 0 Å². The Morgan fingerprint density at radius 1 is 1.26 bits per heavy atom. The van der Waals surface area contributed by atoms with Crippen molar-refractivity contribution in [1.82, 2.24) is 10.1 Å². The van der Waals surface area contributed by atoms with E-state index in [1.165, 1.54) is 0 Å². The minimum atomic E-state index is -0.426. The van der Waals surface area contributed by atoms with Crippen LogP contribution in [0.3, 0.4) is 0 Å². The molecule has 0 atom stereocenters. The lowest BCUT2D eigenvalue weighted by molar-refractivity contribution is -0.117. The second-order valence-corrected chi connectivity index (χ2v) is 6.13. The number of halogens is 1. The van der Waals surface area contributed by atoms with Crippen LogP contribution in [0.1, 0.15) is 37.9 Å². The van der Waals surface area contributed by atoms with Crippen molar-refractivity contribution in [2.45, 2.75) is 37.6 Å². The fourth-order valence-electron chi connectivity index (χ4n) is 3.05. The zero-order valence-electron chi connectivity index (χ0n) is 12.7. The van der Waals surface area contributed by atoms with Gasteiger partial charge in [0.25, 0.3) is 5.89 Å². The van der Waals surface area contributed by atoms with Crippen molar-refractivity contribution in [2.75, 3.05) is 11.4 Å². The van der Waals surface area contributed by atoms with Crippen LogP contribution in [-0.4, -0.2) is 22.6 Å². The molecule has 1 aliphatic carbocycles. The molecule has 2 heterocycles. The van der Waals surface area contributed by atoms with Gasteiger partial charge in [-0.05, 0) is 43.9 Å². The molecule has 0 bridgehead atoms. The van der Waals surface area contributed by atoms with Gasteiger partial charge in [-0.25, -0.2) is 0 Å². The standard InChI is InChI=1S/C16H18N4O2.ClH/c17-16(7-3-8-16)15-18-14(22-19-15)11-4-1-5-12(10-11)20-9-2-6-13(20)21;/h1,4-5,10H,2-3,6-9,17H2;1H. The number of nitrogens with two attached hydrogens (primary N) is 1. The molecule has 2 aromatic rings. The van der Waals surface area contributed by atoms with Gasteiger partial charge in [0.15, 0.2) is 5.82 Å². The number of anilines is 1. The first kappa shape index (κ1) is 16.0. The third kappa shape index (κ3) is 2.72. The molecule has 122 valence electrons. The summed E-state index contributed by atoms with van der Waals surface area (Å²) in [4.78, 5) is 18.1. The van der Waals surface area contributed by atoms with Crippen molar-refractivity contribution in [1.29, 1.82) is 0 Å². The number of hydrogen-bond donors (Lipinski definition) is 1. The predicted octanol–water partition coefficient (Wildman–Crippen LogP) is 2.62. The molecule has 23 heavy (non-hydrogen) atoms. The van der Waals surface area contributed by atoms with Gasteiger partial charge in [0.2, 0.25) is 5.91 Å². The molecule has 1 amide bonds. The Bertz CT molecular complexity index is 726. The molecule has 4 rings (SSSR count). The first-order valence-corrected chi connectivity index (χ1v) is 7.70. The zero-order valence-corrected chi connectivity index (χ0v) is 13.5. The van der Waals surface area contributed by atoms with Gasteiger partial charge in [0.1, 0.15) is 0 Å². The number of aromatic nitrogens is 2. The summed E-state index contributed by atoms with van der Waals surface area (Å²) in [5.74, 6) is 1.20. The summed E-state index contributed by atoms with van der Waals surface area (Å²) in [6.45, 7) is 0.767. The molecule has 7 heteroatoms. The lowest BCUT2D eigenvalue weighted by Crippen LogP contribution is -2.44. The van der Waals surface area contributed by atoms with Gasteiger partial charge in [-0.15, -0.1) is 12.4 Å². The third-order valence-electron chi connectivity index (χ3n) is 4.60. The van der Waals surface area contributed by atoms with Gasteiger partial charge in [-0.2, -0.15) is 4.98 Å². The van der Waals surface area contributed by atoms with E-state index in [1.807, 2.05) is 24.3 Å². The van der Waals surface area contributed by atoms with E-state index in [0.29, 0.717) is 18.1 Å². The zero-order chi connectivity index (χ0) is 15.2. The highest BCUT2D eigenvalue weighted by molar-refractivity contribution is 5.95. The highest BCUT2D eigenvalue weighted by Crippen LogP contribution is 2.38. The minimum absolute atomic E-state index is 0. The van der Waals surface area contributed by atoms with E-state index >= 15 is 0 Å². The number of hydrogen-bond acceptors (Lipinski definition) is 5. The summed E-state index contributed by atoms with van der Waals surface area (Å²) >= 11 is 0. The highest BCUT2D eigenvalue weighted by Gasteiger charge is 2.39. The smallest absolute Gasteiger partial charge is 0.258 e. The largest absolute Gasteiger partial charge is 0.334 e. The number of carbonyl (C=O) groups excluding carboxylic acids is 1. The Labute approximate surface area is 140 Å². The Balaban J connectivity index is 0.00000156. The van der Waals surface area contributed by atoms with Crippen LogP contribution in [0.15, 0.2) is 28.8 Å². The van der Waals surface area contributed by atoms with E-state index < -0.39 is 5.54 Å². The highest BCUT2D eigenvalue weighted by atomic mass is 35.5. The maximum atomic E-state index is 11.9. The fourth-order valence-corrected chi connectivity index (χ4v) is 3.05. The van der Waals surface area contributed by atoms with Crippen LogP contribution in [-0.2, 0) is 10.3 Å². The molecule has 0 radical (unpaired) electrons. The van der Waals surface area contributed by atoms with Crippen LogP contribution in [0.4, 0.5) is 5.69 Å².